The van der Waals surface area contributed by atoms with Gasteiger partial charge in [-0.2, -0.15) is 0 Å². The molecule has 1 heterocycles. The van der Waals surface area contributed by atoms with Crippen molar-refractivity contribution in [2.75, 3.05) is 6.61 Å². The number of rotatable bonds is 2. The molecule has 2 rings (SSSR count). The summed E-state index contributed by atoms with van der Waals surface area (Å²) in [6, 6.07) is 6.64. The van der Waals surface area contributed by atoms with Crippen LogP contribution < -0.4 is 10.5 Å². The van der Waals surface area contributed by atoms with E-state index in [-0.39, 0.29) is 6.04 Å². The Morgan fingerprint density at radius 3 is 3.07 bits per heavy atom. The molecule has 0 aliphatic carbocycles. The Bertz CT molecular complexity index is 333. The van der Waals surface area contributed by atoms with Crippen molar-refractivity contribution in [1.82, 2.24) is 0 Å². The molecule has 1 aliphatic heterocycles. The lowest BCUT2D eigenvalue weighted by molar-refractivity contribution is 0.337. The van der Waals surface area contributed by atoms with Crippen LogP contribution in [0.4, 0.5) is 0 Å². The molecule has 1 aliphatic rings. The molecule has 2 N–H and O–H groups in total. The summed E-state index contributed by atoms with van der Waals surface area (Å²) < 4.78 is 5.54. The highest BCUT2D eigenvalue weighted by Gasteiger charge is 2.19. The van der Waals surface area contributed by atoms with E-state index in [1.807, 2.05) is 6.92 Å². The lowest BCUT2D eigenvalue weighted by Crippen LogP contribution is -2.17. The van der Waals surface area contributed by atoms with Crippen LogP contribution in [0.3, 0.4) is 0 Å². The number of fused-ring (bicyclic) bond motifs is 1. The Morgan fingerprint density at radius 1 is 1.57 bits per heavy atom. The minimum Gasteiger partial charge on any atom is -0.493 e. The second-order valence-corrected chi connectivity index (χ2v) is 4.27. The van der Waals surface area contributed by atoms with Crippen LogP contribution in [0, 0.1) is 0 Å². The fraction of sp³-hybridized carbons (Fsp3) is 0.500. The van der Waals surface area contributed by atoms with Crippen molar-refractivity contribution in [3.63, 3.8) is 0 Å². The van der Waals surface area contributed by atoms with Crippen LogP contribution in [0.15, 0.2) is 18.2 Å². The highest BCUT2D eigenvalue weighted by atomic mass is 16.5. The summed E-state index contributed by atoms with van der Waals surface area (Å²) >= 11 is 0. The van der Waals surface area contributed by atoms with Crippen LogP contribution in [-0.2, 0) is 6.42 Å². The van der Waals surface area contributed by atoms with Gasteiger partial charge in [0.1, 0.15) is 5.75 Å². The van der Waals surface area contributed by atoms with Gasteiger partial charge in [-0.25, -0.2) is 0 Å². The molecule has 0 spiro atoms. The van der Waals surface area contributed by atoms with E-state index in [0.717, 1.165) is 18.8 Å². The van der Waals surface area contributed by atoms with Gasteiger partial charge in [0, 0.05) is 17.5 Å². The van der Waals surface area contributed by atoms with Crippen molar-refractivity contribution in [2.45, 2.75) is 32.2 Å². The van der Waals surface area contributed by atoms with Crippen LogP contribution in [0.25, 0.3) is 0 Å². The van der Waals surface area contributed by atoms with Crippen LogP contribution in [-0.4, -0.2) is 12.6 Å². The normalized spacial score (nSPS) is 21.5. The standard InChI is InChI=1S/C12H17NO/c1-8-7-14-12-4-3-10(5-9(2)13)6-11(8)12/h3-4,6,8-9H,5,7,13H2,1-2H3. The second-order valence-electron chi connectivity index (χ2n) is 4.27. The van der Waals surface area contributed by atoms with E-state index in [2.05, 4.69) is 25.1 Å². The fourth-order valence-electron chi connectivity index (χ4n) is 1.92. The fourth-order valence-corrected chi connectivity index (χ4v) is 1.92. The Kier molecular flexibility index (Phi) is 2.46. The number of hydrogen-bond acceptors (Lipinski definition) is 2. The number of hydrogen-bond donors (Lipinski definition) is 1. The van der Waals surface area contributed by atoms with Gasteiger partial charge in [-0.05, 0) is 25.0 Å². The molecule has 2 nitrogen and oxygen atoms in total. The zero-order valence-corrected chi connectivity index (χ0v) is 8.79. The molecule has 1 aromatic carbocycles. The smallest absolute Gasteiger partial charge is 0.122 e. The van der Waals surface area contributed by atoms with E-state index < -0.39 is 0 Å². The highest BCUT2D eigenvalue weighted by molar-refractivity contribution is 5.42. The first-order valence-electron chi connectivity index (χ1n) is 5.18. The number of benzene rings is 1. The van der Waals surface area contributed by atoms with Crippen molar-refractivity contribution < 1.29 is 4.74 Å². The summed E-state index contributed by atoms with van der Waals surface area (Å²) in [6.07, 6.45) is 0.944. The monoisotopic (exact) mass is 191 g/mol. The minimum absolute atomic E-state index is 0.227. The second kappa shape index (κ2) is 3.62. The first-order valence-corrected chi connectivity index (χ1v) is 5.18. The van der Waals surface area contributed by atoms with Gasteiger partial charge in [0.2, 0.25) is 0 Å². The van der Waals surface area contributed by atoms with Crippen molar-refractivity contribution in [3.05, 3.63) is 29.3 Å². The zero-order valence-electron chi connectivity index (χ0n) is 8.79. The molecule has 14 heavy (non-hydrogen) atoms. The Balaban J connectivity index is 2.26. The third-order valence-electron chi connectivity index (χ3n) is 2.65. The molecule has 0 saturated heterocycles. The van der Waals surface area contributed by atoms with E-state index in [1.54, 1.807) is 0 Å². The average molecular weight is 191 g/mol. The molecular formula is C12H17NO. The van der Waals surface area contributed by atoms with Gasteiger partial charge < -0.3 is 10.5 Å². The summed E-state index contributed by atoms with van der Waals surface area (Å²) in [5.41, 5.74) is 8.43. The van der Waals surface area contributed by atoms with E-state index in [9.17, 15) is 0 Å². The molecular weight excluding hydrogens is 174 g/mol. The van der Waals surface area contributed by atoms with Gasteiger partial charge >= 0.3 is 0 Å². The summed E-state index contributed by atoms with van der Waals surface area (Å²) in [5, 5.41) is 0. The maximum absolute atomic E-state index is 5.77. The first-order chi connectivity index (χ1) is 6.66. The highest BCUT2D eigenvalue weighted by Crippen LogP contribution is 2.34. The predicted octanol–water partition coefficient (Wildman–Crippen LogP) is 2.07. The lowest BCUT2D eigenvalue weighted by atomic mass is 9.98. The van der Waals surface area contributed by atoms with Gasteiger partial charge in [-0.3, -0.25) is 0 Å². The SMILES string of the molecule is CC(N)Cc1ccc2c(c1)C(C)CO2. The molecule has 2 unspecified atom stereocenters. The average Bonchev–Trinajstić information content (AvgIpc) is 2.47. The molecule has 1 aromatic rings. The van der Waals surface area contributed by atoms with E-state index in [1.165, 1.54) is 11.1 Å². The Labute approximate surface area is 85.1 Å². The first kappa shape index (κ1) is 9.53. The molecule has 0 bridgehead atoms. The van der Waals surface area contributed by atoms with Crippen molar-refractivity contribution >= 4 is 0 Å². The third-order valence-corrected chi connectivity index (χ3v) is 2.65. The molecule has 0 saturated carbocycles. The summed E-state index contributed by atoms with van der Waals surface area (Å²) in [5.74, 6) is 1.57. The maximum atomic E-state index is 5.77. The van der Waals surface area contributed by atoms with Crippen molar-refractivity contribution in [2.24, 2.45) is 5.73 Å². The van der Waals surface area contributed by atoms with Crippen LogP contribution in [0.5, 0.6) is 5.75 Å². The maximum Gasteiger partial charge on any atom is 0.122 e. The van der Waals surface area contributed by atoms with Gasteiger partial charge in [-0.1, -0.05) is 19.1 Å². The van der Waals surface area contributed by atoms with E-state index in [0.29, 0.717) is 5.92 Å². The molecule has 0 fully saturated rings. The predicted molar refractivity (Wildman–Crippen MR) is 57.7 cm³/mol. The Morgan fingerprint density at radius 2 is 2.36 bits per heavy atom. The van der Waals surface area contributed by atoms with Crippen molar-refractivity contribution in [3.8, 4) is 5.75 Å². The third kappa shape index (κ3) is 1.75. The zero-order chi connectivity index (χ0) is 10.1. The van der Waals surface area contributed by atoms with Gasteiger partial charge in [0.25, 0.3) is 0 Å². The molecule has 2 atom stereocenters. The molecule has 76 valence electrons. The molecule has 2 heteroatoms. The number of nitrogens with two attached hydrogens (primary N) is 1. The Hall–Kier alpha value is -1.02. The molecule has 0 aromatic heterocycles. The number of ether oxygens (including phenoxy) is 1. The molecule has 0 radical (unpaired) electrons. The van der Waals surface area contributed by atoms with Crippen LogP contribution in [0.1, 0.15) is 30.9 Å². The van der Waals surface area contributed by atoms with E-state index >= 15 is 0 Å². The van der Waals surface area contributed by atoms with Gasteiger partial charge in [0.05, 0.1) is 6.61 Å². The quantitative estimate of drug-likeness (QED) is 0.776. The summed E-state index contributed by atoms with van der Waals surface area (Å²) in [4.78, 5) is 0. The molecule has 0 amide bonds. The van der Waals surface area contributed by atoms with Crippen LogP contribution >= 0.6 is 0 Å². The summed E-state index contributed by atoms with van der Waals surface area (Å²) in [7, 11) is 0. The lowest BCUT2D eigenvalue weighted by Gasteiger charge is -2.07. The van der Waals surface area contributed by atoms with E-state index in [4.69, 9.17) is 10.5 Å². The topological polar surface area (TPSA) is 35.2 Å². The van der Waals surface area contributed by atoms with Crippen molar-refractivity contribution in [1.29, 1.82) is 0 Å². The van der Waals surface area contributed by atoms with Crippen LogP contribution in [0.2, 0.25) is 0 Å². The van der Waals surface area contributed by atoms with Gasteiger partial charge in [0.15, 0.2) is 0 Å². The van der Waals surface area contributed by atoms with Gasteiger partial charge in [-0.15, -0.1) is 0 Å². The minimum atomic E-state index is 0.227. The summed E-state index contributed by atoms with van der Waals surface area (Å²) in [6.45, 7) is 5.05. The largest absolute Gasteiger partial charge is 0.493 e.